The van der Waals surface area contributed by atoms with Gasteiger partial charge in [0.25, 0.3) is 11.6 Å². The highest BCUT2D eigenvalue weighted by molar-refractivity contribution is 6.09. The van der Waals surface area contributed by atoms with Gasteiger partial charge in [-0.2, -0.15) is 18.4 Å². The lowest BCUT2D eigenvalue weighted by Crippen LogP contribution is -2.13. The van der Waals surface area contributed by atoms with Crippen LogP contribution >= 0.6 is 0 Å². The lowest BCUT2D eigenvalue weighted by molar-refractivity contribution is -0.385. The van der Waals surface area contributed by atoms with E-state index in [1.54, 1.807) is 13.0 Å². The molecule has 0 aliphatic heterocycles. The van der Waals surface area contributed by atoms with Gasteiger partial charge in [0.1, 0.15) is 11.6 Å². The van der Waals surface area contributed by atoms with Crippen LogP contribution in [0.4, 0.5) is 30.2 Å². The zero-order chi connectivity index (χ0) is 31.0. The van der Waals surface area contributed by atoms with Crippen molar-refractivity contribution in [1.82, 2.24) is 0 Å². The molecule has 1 N–H and O–H groups in total. The van der Waals surface area contributed by atoms with Gasteiger partial charge in [0.05, 0.1) is 22.0 Å². The average Bonchev–Trinajstić information content (AvgIpc) is 2.93. The molecule has 0 aromatic heterocycles. The fourth-order valence-corrected chi connectivity index (χ4v) is 3.70. The summed E-state index contributed by atoms with van der Waals surface area (Å²) in [5, 5.41) is 34.6. The number of anilines is 1. The van der Waals surface area contributed by atoms with Crippen molar-refractivity contribution in [1.29, 1.82) is 5.26 Å². The van der Waals surface area contributed by atoms with Gasteiger partial charge in [0, 0.05) is 29.4 Å². The average molecular weight is 582 g/mol. The minimum Gasteiger partial charge on any atom is -0.490 e. The molecule has 0 heterocycles. The predicted molar refractivity (Wildman–Crippen MR) is 145 cm³/mol. The summed E-state index contributed by atoms with van der Waals surface area (Å²) in [6.07, 6.45) is -2.03. The van der Waals surface area contributed by atoms with E-state index in [0.29, 0.717) is 17.7 Å². The van der Waals surface area contributed by atoms with Crippen LogP contribution in [-0.4, -0.2) is 22.4 Å². The summed E-state index contributed by atoms with van der Waals surface area (Å²) >= 11 is 0. The number of nitrogens with one attached hydrogen (secondary N) is 1. The Hall–Kier alpha value is -5.71. The number of carbonyl (C=O) groups excluding carboxylic acids is 1. The van der Waals surface area contributed by atoms with Gasteiger partial charge >= 0.3 is 11.9 Å². The van der Waals surface area contributed by atoms with Crippen molar-refractivity contribution >= 4 is 29.0 Å². The Bertz CT molecular complexity index is 1630. The van der Waals surface area contributed by atoms with Crippen LogP contribution in [-0.2, 0) is 17.4 Å². The van der Waals surface area contributed by atoms with Crippen LogP contribution in [0.25, 0.3) is 6.08 Å². The zero-order valence-electron chi connectivity index (χ0n) is 21.8. The van der Waals surface area contributed by atoms with E-state index in [-0.39, 0.29) is 47.0 Å². The van der Waals surface area contributed by atoms with E-state index in [9.17, 15) is 43.5 Å². The third kappa shape index (κ3) is 7.48. The molecule has 14 heteroatoms. The van der Waals surface area contributed by atoms with Crippen LogP contribution in [0.15, 0.2) is 72.8 Å². The third-order valence-electron chi connectivity index (χ3n) is 5.50. The first-order valence-electron chi connectivity index (χ1n) is 12.0. The van der Waals surface area contributed by atoms with E-state index in [4.69, 9.17) is 9.47 Å². The van der Waals surface area contributed by atoms with Crippen molar-refractivity contribution in [2.24, 2.45) is 0 Å². The van der Waals surface area contributed by atoms with Crippen molar-refractivity contribution in [3.05, 3.63) is 110 Å². The number of rotatable bonds is 11. The van der Waals surface area contributed by atoms with Gasteiger partial charge in [-0.05, 0) is 55.3 Å². The van der Waals surface area contributed by atoms with E-state index >= 15 is 0 Å². The minimum absolute atomic E-state index is 0.0219. The highest BCUT2D eigenvalue weighted by Gasteiger charge is 2.34. The molecule has 0 bridgehead atoms. The van der Waals surface area contributed by atoms with Gasteiger partial charge in [-0.25, -0.2) is 0 Å². The second-order valence-corrected chi connectivity index (χ2v) is 8.40. The smallest absolute Gasteiger partial charge is 0.416 e. The number of alkyl halides is 3. The molecular formula is C28H21F3N4O7. The normalized spacial score (nSPS) is 11.3. The lowest BCUT2D eigenvalue weighted by Gasteiger charge is -2.17. The molecule has 3 aromatic carbocycles. The number of carbonyl (C=O) groups is 1. The molecular weight excluding hydrogens is 561 g/mol. The van der Waals surface area contributed by atoms with Gasteiger partial charge in [0.2, 0.25) is 5.75 Å². The molecule has 0 aliphatic rings. The number of non-ortho nitro benzene ring substituents is 1. The van der Waals surface area contributed by atoms with Gasteiger partial charge in [0.15, 0.2) is 11.5 Å². The van der Waals surface area contributed by atoms with E-state index in [0.717, 1.165) is 12.1 Å². The van der Waals surface area contributed by atoms with Crippen LogP contribution in [0.2, 0.25) is 0 Å². The summed E-state index contributed by atoms with van der Waals surface area (Å²) in [5.41, 5.74) is -2.12. The Balaban J connectivity index is 2.06. The first-order valence-corrected chi connectivity index (χ1v) is 12.0. The third-order valence-corrected chi connectivity index (χ3v) is 5.50. The molecule has 0 unspecified atom stereocenters. The number of hydrogen-bond acceptors (Lipinski definition) is 8. The molecule has 1 amide bonds. The molecule has 0 saturated carbocycles. The first-order chi connectivity index (χ1) is 19.9. The highest BCUT2D eigenvalue weighted by Crippen LogP contribution is 2.42. The maximum atomic E-state index is 13.1. The van der Waals surface area contributed by atoms with E-state index in [2.05, 4.69) is 11.9 Å². The summed E-state index contributed by atoms with van der Waals surface area (Å²) in [7, 11) is 0. The molecule has 0 aliphatic carbocycles. The van der Waals surface area contributed by atoms with Gasteiger partial charge in [-0.3, -0.25) is 25.0 Å². The zero-order valence-corrected chi connectivity index (χ0v) is 21.8. The molecule has 42 heavy (non-hydrogen) atoms. The van der Waals surface area contributed by atoms with Crippen LogP contribution in [0.5, 0.6) is 17.2 Å². The molecule has 0 fully saturated rings. The molecule has 0 radical (unpaired) electrons. The van der Waals surface area contributed by atoms with Crippen LogP contribution in [0.1, 0.15) is 23.6 Å². The maximum absolute atomic E-state index is 13.1. The van der Waals surface area contributed by atoms with Gasteiger partial charge < -0.3 is 14.8 Å². The van der Waals surface area contributed by atoms with E-state index < -0.39 is 38.9 Å². The number of amides is 1. The van der Waals surface area contributed by atoms with Crippen molar-refractivity contribution < 1.29 is 37.3 Å². The monoisotopic (exact) mass is 582 g/mol. The fraction of sp³-hybridized carbons (Fsp3) is 0.143. The molecule has 3 rings (SSSR count). The summed E-state index contributed by atoms with van der Waals surface area (Å²) in [6.45, 7) is 5.38. The first kappa shape index (κ1) is 30.8. The summed E-state index contributed by atoms with van der Waals surface area (Å²) in [6, 6.07) is 11.6. The number of nitro groups is 2. The number of nitriles is 1. The SMILES string of the molecule is C=CCc1cc(/C=C(\C#N)C(=O)Nc2cccc([N+](=O)[O-])c2)cc(OCC)c1Oc1ccc(C(F)(F)F)cc1[N+](=O)[O-]. The molecule has 0 atom stereocenters. The van der Waals surface area contributed by atoms with Crippen molar-refractivity contribution in [3.63, 3.8) is 0 Å². The Morgan fingerprint density at radius 3 is 2.43 bits per heavy atom. The fourth-order valence-electron chi connectivity index (χ4n) is 3.70. The number of ether oxygens (including phenoxy) is 2. The van der Waals surface area contributed by atoms with Crippen LogP contribution < -0.4 is 14.8 Å². The largest absolute Gasteiger partial charge is 0.490 e. The lowest BCUT2D eigenvalue weighted by atomic mass is 10.0. The molecule has 11 nitrogen and oxygen atoms in total. The highest BCUT2D eigenvalue weighted by atomic mass is 19.4. The van der Waals surface area contributed by atoms with E-state index in [1.165, 1.54) is 42.5 Å². The number of nitrogens with zero attached hydrogens (tertiary/aromatic N) is 3. The number of benzene rings is 3. The second kappa shape index (κ2) is 13.1. The van der Waals surface area contributed by atoms with Crippen LogP contribution in [0, 0.1) is 31.6 Å². The van der Waals surface area contributed by atoms with Gasteiger partial charge in [-0.15, -0.1) is 6.58 Å². The molecule has 216 valence electrons. The Labute approximate surface area is 236 Å². The topological polar surface area (TPSA) is 158 Å². The minimum atomic E-state index is -4.82. The molecule has 0 saturated heterocycles. The molecule has 0 spiro atoms. The number of allylic oxidation sites excluding steroid dienone is 1. The van der Waals surface area contributed by atoms with E-state index in [1.807, 2.05) is 0 Å². The van der Waals surface area contributed by atoms with Crippen molar-refractivity contribution in [2.45, 2.75) is 19.5 Å². The maximum Gasteiger partial charge on any atom is 0.416 e. The Morgan fingerprint density at radius 1 is 1.10 bits per heavy atom. The molecule has 3 aromatic rings. The summed E-state index contributed by atoms with van der Waals surface area (Å²) in [4.78, 5) is 33.7. The standard InChI is InChI=1S/C28H21F3N4O7/c1-3-6-18-11-17(12-19(16-32)27(36)33-21-7-5-8-22(15-21)34(37)38)13-25(41-4-2)26(18)42-24-10-9-20(28(29,30)31)14-23(24)35(39)40/h3,5,7-15H,1,4,6H2,2H3,(H,33,36)/b19-12+. The predicted octanol–water partition coefficient (Wildman–Crippen LogP) is 6.99. The Kier molecular flexibility index (Phi) is 9.61. The number of halogens is 3. The van der Waals surface area contributed by atoms with Crippen molar-refractivity contribution in [2.75, 3.05) is 11.9 Å². The quantitative estimate of drug-likeness (QED) is 0.0833. The number of hydrogen-bond donors (Lipinski definition) is 1. The van der Waals surface area contributed by atoms with Crippen molar-refractivity contribution in [3.8, 4) is 23.3 Å². The summed E-state index contributed by atoms with van der Waals surface area (Å²) < 4.78 is 50.8. The second-order valence-electron chi connectivity index (χ2n) is 8.40. The van der Waals surface area contributed by atoms with Crippen LogP contribution in [0.3, 0.4) is 0 Å². The Morgan fingerprint density at radius 2 is 1.83 bits per heavy atom. The van der Waals surface area contributed by atoms with Gasteiger partial charge in [-0.1, -0.05) is 12.1 Å². The number of nitro benzene ring substituents is 2. The summed E-state index contributed by atoms with van der Waals surface area (Å²) in [5.74, 6) is -1.36.